The van der Waals surface area contributed by atoms with Crippen molar-refractivity contribution in [1.29, 1.82) is 0 Å². The highest BCUT2D eigenvalue weighted by atomic mass is 16.6. The zero-order chi connectivity index (χ0) is 22.4. The van der Waals surface area contributed by atoms with Gasteiger partial charge in [-0.15, -0.1) is 0 Å². The summed E-state index contributed by atoms with van der Waals surface area (Å²) in [6.07, 6.45) is -0.716. The molecule has 1 amide bonds. The fourth-order valence-electron chi connectivity index (χ4n) is 3.25. The Labute approximate surface area is 181 Å². The Kier molecular flexibility index (Phi) is 6.80. The fourth-order valence-corrected chi connectivity index (χ4v) is 3.25. The van der Waals surface area contributed by atoms with Crippen molar-refractivity contribution in [3.63, 3.8) is 0 Å². The minimum absolute atomic E-state index is 0.0556. The Morgan fingerprint density at radius 1 is 0.968 bits per heavy atom. The van der Waals surface area contributed by atoms with Gasteiger partial charge in [-0.3, -0.25) is 0 Å². The van der Waals surface area contributed by atoms with E-state index in [1.165, 1.54) is 0 Å². The lowest BCUT2D eigenvalue weighted by Gasteiger charge is -2.23. The first-order valence-corrected chi connectivity index (χ1v) is 10.1. The molecule has 3 aromatic carbocycles. The van der Waals surface area contributed by atoms with Crippen molar-refractivity contribution < 1.29 is 24.2 Å². The van der Waals surface area contributed by atoms with Gasteiger partial charge >= 0.3 is 12.1 Å². The lowest BCUT2D eigenvalue weighted by molar-refractivity contribution is -0.139. The number of rotatable bonds is 7. The van der Waals surface area contributed by atoms with E-state index in [-0.39, 0.29) is 6.42 Å². The summed E-state index contributed by atoms with van der Waals surface area (Å²) in [6, 6.07) is 20.0. The molecule has 3 rings (SSSR count). The van der Waals surface area contributed by atoms with Crippen molar-refractivity contribution in [2.24, 2.45) is 0 Å². The van der Waals surface area contributed by atoms with E-state index in [0.29, 0.717) is 12.4 Å². The van der Waals surface area contributed by atoms with Crippen molar-refractivity contribution in [3.8, 4) is 5.75 Å². The minimum Gasteiger partial charge on any atom is -0.489 e. The van der Waals surface area contributed by atoms with Crippen LogP contribution in [0.5, 0.6) is 5.75 Å². The van der Waals surface area contributed by atoms with Gasteiger partial charge in [0.2, 0.25) is 0 Å². The van der Waals surface area contributed by atoms with Crippen LogP contribution in [0.2, 0.25) is 0 Å². The van der Waals surface area contributed by atoms with E-state index in [9.17, 15) is 14.7 Å². The van der Waals surface area contributed by atoms with Gasteiger partial charge in [-0.1, -0.05) is 60.7 Å². The molecule has 162 valence electrons. The highest BCUT2D eigenvalue weighted by Crippen LogP contribution is 2.30. The molecule has 6 heteroatoms. The normalized spacial score (nSPS) is 12.2. The number of amides is 1. The van der Waals surface area contributed by atoms with Crippen molar-refractivity contribution >= 4 is 22.8 Å². The number of alkyl carbamates (subject to hydrolysis) is 1. The van der Waals surface area contributed by atoms with E-state index in [2.05, 4.69) is 5.32 Å². The van der Waals surface area contributed by atoms with Gasteiger partial charge in [-0.05, 0) is 43.2 Å². The molecule has 0 fully saturated rings. The molecular weight excluding hydrogens is 394 g/mol. The smallest absolute Gasteiger partial charge is 0.408 e. The van der Waals surface area contributed by atoms with Gasteiger partial charge in [0.1, 0.15) is 24.0 Å². The third-order valence-electron chi connectivity index (χ3n) is 4.63. The predicted molar refractivity (Wildman–Crippen MR) is 119 cm³/mol. The number of fused-ring (bicyclic) bond motifs is 1. The highest BCUT2D eigenvalue weighted by molar-refractivity contribution is 5.89. The van der Waals surface area contributed by atoms with Gasteiger partial charge < -0.3 is 19.9 Å². The van der Waals surface area contributed by atoms with Crippen molar-refractivity contribution in [2.75, 3.05) is 0 Å². The van der Waals surface area contributed by atoms with E-state index >= 15 is 0 Å². The number of hydrogen-bond donors (Lipinski definition) is 2. The molecule has 1 unspecified atom stereocenters. The largest absolute Gasteiger partial charge is 0.489 e. The molecule has 0 bridgehead atoms. The summed E-state index contributed by atoms with van der Waals surface area (Å²) in [5, 5.41) is 14.1. The summed E-state index contributed by atoms with van der Waals surface area (Å²) in [5.41, 5.74) is 0.997. The van der Waals surface area contributed by atoms with Gasteiger partial charge in [0.15, 0.2) is 0 Å². The third kappa shape index (κ3) is 6.22. The molecule has 0 aliphatic heterocycles. The Hall–Kier alpha value is -3.54. The zero-order valence-electron chi connectivity index (χ0n) is 17.9. The number of carbonyl (C=O) groups excluding carboxylic acids is 1. The first-order chi connectivity index (χ1) is 14.7. The van der Waals surface area contributed by atoms with Gasteiger partial charge in [0, 0.05) is 12.0 Å². The molecule has 0 radical (unpaired) electrons. The standard InChI is InChI=1S/C25H27NO5/c1-25(2,3)31-24(29)26-21(23(27)28)15-20-19-12-8-7-11-18(19)13-14-22(20)30-16-17-9-5-4-6-10-17/h4-14,21H,15-16H2,1-3H3,(H,26,29)(H,27,28). The fraction of sp³-hybridized carbons (Fsp3) is 0.280. The van der Waals surface area contributed by atoms with Gasteiger partial charge in [0.25, 0.3) is 0 Å². The molecular formula is C25H27NO5. The third-order valence-corrected chi connectivity index (χ3v) is 4.63. The summed E-state index contributed by atoms with van der Waals surface area (Å²) in [4.78, 5) is 24.1. The maximum absolute atomic E-state index is 12.2. The van der Waals surface area contributed by atoms with Crippen LogP contribution in [-0.2, 0) is 22.6 Å². The molecule has 3 aromatic rings. The summed E-state index contributed by atoms with van der Waals surface area (Å²) in [7, 11) is 0. The topological polar surface area (TPSA) is 84.9 Å². The molecule has 0 spiro atoms. The average molecular weight is 421 g/mol. The average Bonchev–Trinajstić information content (AvgIpc) is 2.71. The van der Waals surface area contributed by atoms with Crippen molar-refractivity contribution in [1.82, 2.24) is 5.32 Å². The van der Waals surface area contributed by atoms with Crippen LogP contribution in [-0.4, -0.2) is 28.8 Å². The minimum atomic E-state index is -1.17. The second-order valence-electron chi connectivity index (χ2n) is 8.28. The number of carboxylic acid groups (broad SMARTS) is 1. The molecule has 0 aliphatic rings. The second kappa shape index (κ2) is 9.51. The van der Waals surface area contributed by atoms with E-state index < -0.39 is 23.7 Å². The SMILES string of the molecule is CC(C)(C)OC(=O)NC(Cc1c(OCc2ccccc2)ccc2ccccc12)C(=O)O. The van der Waals surface area contributed by atoms with Gasteiger partial charge in [-0.25, -0.2) is 9.59 Å². The maximum Gasteiger partial charge on any atom is 0.408 e. The number of benzene rings is 3. The van der Waals surface area contributed by atoms with E-state index in [4.69, 9.17) is 9.47 Å². The lowest BCUT2D eigenvalue weighted by Crippen LogP contribution is -2.44. The van der Waals surface area contributed by atoms with Crippen LogP contribution in [0.4, 0.5) is 4.79 Å². The molecule has 0 saturated carbocycles. The number of hydrogen-bond acceptors (Lipinski definition) is 4. The number of carboxylic acids is 1. The van der Waals surface area contributed by atoms with Crippen LogP contribution in [0.15, 0.2) is 66.7 Å². The molecule has 6 nitrogen and oxygen atoms in total. The number of aliphatic carboxylic acids is 1. The highest BCUT2D eigenvalue weighted by Gasteiger charge is 2.26. The molecule has 1 atom stereocenters. The number of nitrogens with one attached hydrogen (secondary N) is 1. The Balaban J connectivity index is 1.89. The first kappa shape index (κ1) is 22.2. The van der Waals surface area contributed by atoms with Crippen LogP contribution >= 0.6 is 0 Å². The van der Waals surface area contributed by atoms with E-state index in [1.807, 2.05) is 66.7 Å². The Bertz CT molecular complexity index is 1060. The zero-order valence-corrected chi connectivity index (χ0v) is 17.9. The second-order valence-corrected chi connectivity index (χ2v) is 8.28. The van der Waals surface area contributed by atoms with Crippen LogP contribution in [0, 0.1) is 0 Å². The maximum atomic E-state index is 12.2. The van der Waals surface area contributed by atoms with Crippen molar-refractivity contribution in [2.45, 2.75) is 45.4 Å². The van der Waals surface area contributed by atoms with Crippen LogP contribution < -0.4 is 10.1 Å². The number of ether oxygens (including phenoxy) is 2. The number of carbonyl (C=O) groups is 2. The Morgan fingerprint density at radius 3 is 2.32 bits per heavy atom. The van der Waals surface area contributed by atoms with Crippen LogP contribution in [0.1, 0.15) is 31.9 Å². The monoisotopic (exact) mass is 421 g/mol. The molecule has 0 heterocycles. The van der Waals surface area contributed by atoms with E-state index in [0.717, 1.165) is 21.9 Å². The van der Waals surface area contributed by atoms with Crippen LogP contribution in [0.25, 0.3) is 10.8 Å². The molecule has 0 aliphatic carbocycles. The van der Waals surface area contributed by atoms with E-state index in [1.54, 1.807) is 20.8 Å². The predicted octanol–water partition coefficient (Wildman–Crippen LogP) is 4.94. The summed E-state index contributed by atoms with van der Waals surface area (Å²) >= 11 is 0. The summed E-state index contributed by atoms with van der Waals surface area (Å²) < 4.78 is 11.3. The van der Waals surface area contributed by atoms with Gasteiger partial charge in [-0.2, -0.15) is 0 Å². The van der Waals surface area contributed by atoms with Crippen LogP contribution in [0.3, 0.4) is 0 Å². The lowest BCUT2D eigenvalue weighted by atomic mass is 9.97. The molecule has 0 saturated heterocycles. The summed E-state index contributed by atoms with van der Waals surface area (Å²) in [5.74, 6) is -0.562. The molecule has 2 N–H and O–H groups in total. The first-order valence-electron chi connectivity index (χ1n) is 10.1. The Morgan fingerprint density at radius 2 is 1.65 bits per heavy atom. The molecule has 31 heavy (non-hydrogen) atoms. The quantitative estimate of drug-likeness (QED) is 0.564. The van der Waals surface area contributed by atoms with Gasteiger partial charge in [0.05, 0.1) is 0 Å². The van der Waals surface area contributed by atoms with Crippen molar-refractivity contribution in [3.05, 3.63) is 77.9 Å². The molecule has 0 aromatic heterocycles. The summed E-state index contributed by atoms with van der Waals surface area (Å²) in [6.45, 7) is 5.52.